The molecule has 170 valence electrons. The normalized spacial score (nSPS) is 18.1. The lowest BCUT2D eigenvalue weighted by molar-refractivity contribution is -0.144. The molecule has 0 radical (unpaired) electrons. The standard InChI is InChI=1S/C23H26ClN3O4S/c1-31-22(29)19-5-4-11-27(19)23(30)25-14-16-8-7-15(13-17(16)24)21(28)26-10-3-2-6-20-18(26)9-12-32-20/h7-9,12-13,19H,2-6,10-11,14H2,1H3,(H,25,30). The summed E-state index contributed by atoms with van der Waals surface area (Å²) < 4.78 is 4.79. The van der Waals surface area contributed by atoms with Crippen LogP contribution in [0.15, 0.2) is 29.6 Å². The Morgan fingerprint density at radius 3 is 2.81 bits per heavy atom. The van der Waals surface area contributed by atoms with E-state index in [-0.39, 0.29) is 18.5 Å². The second-order valence-electron chi connectivity index (χ2n) is 7.98. The molecule has 2 aromatic rings. The quantitative estimate of drug-likeness (QED) is 0.671. The van der Waals surface area contributed by atoms with E-state index in [1.165, 1.54) is 16.9 Å². The van der Waals surface area contributed by atoms with Crippen molar-refractivity contribution in [3.05, 3.63) is 50.7 Å². The van der Waals surface area contributed by atoms with Gasteiger partial charge in [0.05, 0.1) is 12.8 Å². The molecule has 4 rings (SSSR count). The van der Waals surface area contributed by atoms with E-state index in [1.807, 2.05) is 16.3 Å². The third kappa shape index (κ3) is 4.61. The number of amides is 3. The Hall–Kier alpha value is -2.58. The third-order valence-electron chi connectivity index (χ3n) is 6.01. The number of nitrogens with one attached hydrogen (secondary N) is 1. The zero-order valence-corrected chi connectivity index (χ0v) is 19.5. The van der Waals surface area contributed by atoms with E-state index in [0.717, 1.165) is 31.4 Å². The number of rotatable bonds is 4. The van der Waals surface area contributed by atoms with E-state index in [4.69, 9.17) is 16.3 Å². The van der Waals surface area contributed by atoms with Crippen molar-refractivity contribution >= 4 is 46.5 Å². The van der Waals surface area contributed by atoms with Gasteiger partial charge in [0.25, 0.3) is 5.91 Å². The fourth-order valence-corrected chi connectivity index (χ4v) is 5.46. The minimum absolute atomic E-state index is 0.0676. The number of benzene rings is 1. The van der Waals surface area contributed by atoms with Gasteiger partial charge in [-0.1, -0.05) is 17.7 Å². The van der Waals surface area contributed by atoms with Crippen molar-refractivity contribution in [3.8, 4) is 0 Å². The van der Waals surface area contributed by atoms with Gasteiger partial charge >= 0.3 is 12.0 Å². The van der Waals surface area contributed by atoms with Gasteiger partial charge in [0.15, 0.2) is 0 Å². The lowest BCUT2D eigenvalue weighted by Crippen LogP contribution is -2.46. The van der Waals surface area contributed by atoms with Gasteiger partial charge in [-0.25, -0.2) is 9.59 Å². The summed E-state index contributed by atoms with van der Waals surface area (Å²) in [5, 5.41) is 5.27. The number of esters is 1. The van der Waals surface area contributed by atoms with Crippen LogP contribution in [0, 0.1) is 0 Å². The monoisotopic (exact) mass is 475 g/mol. The van der Waals surface area contributed by atoms with Crippen LogP contribution in [0.5, 0.6) is 0 Å². The average Bonchev–Trinajstić information content (AvgIpc) is 3.43. The molecule has 3 heterocycles. The van der Waals surface area contributed by atoms with Crippen LogP contribution in [0.3, 0.4) is 0 Å². The van der Waals surface area contributed by atoms with Gasteiger partial charge in [-0.2, -0.15) is 0 Å². The summed E-state index contributed by atoms with van der Waals surface area (Å²) in [6, 6.07) is 6.31. The molecule has 1 aromatic carbocycles. The molecule has 1 saturated heterocycles. The molecule has 1 atom stereocenters. The maximum absolute atomic E-state index is 13.2. The minimum Gasteiger partial charge on any atom is -0.467 e. The molecule has 1 aromatic heterocycles. The molecule has 2 aliphatic rings. The van der Waals surface area contributed by atoms with Crippen molar-refractivity contribution in [2.24, 2.45) is 0 Å². The fraction of sp³-hybridized carbons (Fsp3) is 0.435. The number of aryl methyl sites for hydroxylation is 1. The van der Waals surface area contributed by atoms with Gasteiger partial charge in [0.2, 0.25) is 0 Å². The van der Waals surface area contributed by atoms with Crippen molar-refractivity contribution in [2.45, 2.75) is 44.7 Å². The van der Waals surface area contributed by atoms with Gasteiger partial charge in [0.1, 0.15) is 6.04 Å². The lowest BCUT2D eigenvalue weighted by Gasteiger charge is -2.23. The van der Waals surface area contributed by atoms with Crippen molar-refractivity contribution in [1.82, 2.24) is 10.2 Å². The van der Waals surface area contributed by atoms with Crippen LogP contribution in [0.25, 0.3) is 0 Å². The first kappa shape index (κ1) is 22.6. The topological polar surface area (TPSA) is 79.0 Å². The molecular formula is C23H26ClN3O4S. The van der Waals surface area contributed by atoms with Crippen molar-refractivity contribution in [3.63, 3.8) is 0 Å². The number of halogens is 1. The van der Waals surface area contributed by atoms with Crippen LogP contribution in [-0.2, 0) is 22.5 Å². The number of hydrogen-bond donors (Lipinski definition) is 1. The highest BCUT2D eigenvalue weighted by Crippen LogP contribution is 2.32. The van der Waals surface area contributed by atoms with Gasteiger partial charge in [-0.05, 0) is 61.2 Å². The Morgan fingerprint density at radius 1 is 1.19 bits per heavy atom. The van der Waals surface area contributed by atoms with E-state index in [9.17, 15) is 14.4 Å². The molecule has 32 heavy (non-hydrogen) atoms. The Balaban J connectivity index is 1.42. The summed E-state index contributed by atoms with van der Waals surface area (Å²) >= 11 is 8.15. The zero-order chi connectivity index (χ0) is 22.7. The molecule has 1 unspecified atom stereocenters. The summed E-state index contributed by atoms with van der Waals surface area (Å²) in [7, 11) is 1.32. The number of methoxy groups -OCH3 is 1. The zero-order valence-electron chi connectivity index (χ0n) is 17.9. The van der Waals surface area contributed by atoms with E-state index < -0.39 is 12.0 Å². The van der Waals surface area contributed by atoms with Gasteiger partial charge in [0, 0.05) is 35.1 Å². The van der Waals surface area contributed by atoms with Crippen LogP contribution < -0.4 is 10.2 Å². The average molecular weight is 476 g/mol. The van der Waals surface area contributed by atoms with Gasteiger partial charge in [-0.3, -0.25) is 4.79 Å². The highest BCUT2D eigenvalue weighted by Gasteiger charge is 2.34. The second kappa shape index (κ2) is 9.92. The van der Waals surface area contributed by atoms with Crippen LogP contribution in [-0.4, -0.2) is 49.0 Å². The molecule has 2 aliphatic heterocycles. The lowest BCUT2D eigenvalue weighted by atomic mass is 10.1. The Labute approximate surface area is 196 Å². The SMILES string of the molecule is COC(=O)C1CCCN1C(=O)NCc1ccc(C(=O)N2CCCCc3sccc32)cc1Cl. The predicted molar refractivity (Wildman–Crippen MR) is 124 cm³/mol. The number of nitrogens with zero attached hydrogens (tertiary/aromatic N) is 2. The molecule has 0 spiro atoms. The number of likely N-dealkylation sites (tertiary alicyclic amines) is 1. The number of anilines is 1. The summed E-state index contributed by atoms with van der Waals surface area (Å²) in [5.74, 6) is -0.470. The second-order valence-corrected chi connectivity index (χ2v) is 9.39. The Bertz CT molecular complexity index is 1020. The Morgan fingerprint density at radius 2 is 2.03 bits per heavy atom. The summed E-state index contributed by atoms with van der Waals surface area (Å²) in [6.45, 7) is 1.40. The van der Waals surface area contributed by atoms with Crippen molar-refractivity contribution in [2.75, 3.05) is 25.1 Å². The van der Waals surface area contributed by atoms with E-state index in [1.54, 1.807) is 29.5 Å². The molecule has 1 fully saturated rings. The predicted octanol–water partition coefficient (Wildman–Crippen LogP) is 4.23. The van der Waals surface area contributed by atoms with E-state index in [2.05, 4.69) is 5.32 Å². The maximum atomic E-state index is 13.2. The molecule has 0 aliphatic carbocycles. The first-order valence-corrected chi connectivity index (χ1v) is 12.0. The molecular weight excluding hydrogens is 450 g/mol. The van der Waals surface area contributed by atoms with E-state index in [0.29, 0.717) is 35.7 Å². The number of hydrogen-bond acceptors (Lipinski definition) is 5. The number of ether oxygens (including phenoxy) is 1. The van der Waals surface area contributed by atoms with Crippen LogP contribution in [0.1, 0.15) is 46.5 Å². The Kier molecular flexibility index (Phi) is 7.01. The number of thiophene rings is 1. The van der Waals surface area contributed by atoms with Gasteiger partial charge < -0.3 is 19.9 Å². The molecule has 3 amide bonds. The first-order valence-electron chi connectivity index (χ1n) is 10.8. The highest BCUT2D eigenvalue weighted by atomic mass is 35.5. The number of urea groups is 1. The maximum Gasteiger partial charge on any atom is 0.328 e. The highest BCUT2D eigenvalue weighted by molar-refractivity contribution is 7.10. The number of carbonyl (C=O) groups excluding carboxylic acids is 3. The smallest absolute Gasteiger partial charge is 0.328 e. The summed E-state index contributed by atoms with van der Waals surface area (Å²) in [6.07, 6.45) is 4.40. The molecule has 1 N–H and O–H groups in total. The molecule has 9 heteroatoms. The molecule has 7 nitrogen and oxygen atoms in total. The van der Waals surface area contributed by atoms with E-state index >= 15 is 0 Å². The largest absolute Gasteiger partial charge is 0.467 e. The minimum atomic E-state index is -0.550. The summed E-state index contributed by atoms with van der Waals surface area (Å²) in [5.41, 5.74) is 2.22. The van der Waals surface area contributed by atoms with Crippen molar-refractivity contribution < 1.29 is 19.1 Å². The number of fused-ring (bicyclic) bond motifs is 1. The number of carbonyl (C=O) groups is 3. The van der Waals surface area contributed by atoms with Crippen LogP contribution in [0.4, 0.5) is 10.5 Å². The molecule has 0 saturated carbocycles. The van der Waals surface area contributed by atoms with Crippen LogP contribution >= 0.6 is 22.9 Å². The first-order chi connectivity index (χ1) is 15.5. The fourth-order valence-electron chi connectivity index (χ4n) is 4.29. The van der Waals surface area contributed by atoms with Gasteiger partial charge in [-0.15, -0.1) is 11.3 Å². The van der Waals surface area contributed by atoms with Crippen LogP contribution in [0.2, 0.25) is 5.02 Å². The van der Waals surface area contributed by atoms with Crippen molar-refractivity contribution in [1.29, 1.82) is 0 Å². The third-order valence-corrected chi connectivity index (χ3v) is 7.33. The molecule has 0 bridgehead atoms. The summed E-state index contributed by atoms with van der Waals surface area (Å²) in [4.78, 5) is 42.2.